The molecule has 0 aromatic heterocycles. The van der Waals surface area contributed by atoms with E-state index in [-0.39, 0.29) is 17.8 Å². The summed E-state index contributed by atoms with van der Waals surface area (Å²) in [7, 11) is 0. The van der Waals surface area contributed by atoms with Gasteiger partial charge in [0.15, 0.2) is 0 Å². The molecule has 0 unspecified atom stereocenters. The van der Waals surface area contributed by atoms with Gasteiger partial charge in [0.2, 0.25) is 0 Å². The van der Waals surface area contributed by atoms with E-state index in [9.17, 15) is 9.18 Å². The molecule has 0 spiro atoms. The molecule has 0 aliphatic rings. The number of ether oxygens (including phenoxy) is 1. The number of rotatable bonds is 9. The number of unbranched alkanes of at least 4 members (excludes halogenated alkanes) is 2. The van der Waals surface area contributed by atoms with E-state index in [0.717, 1.165) is 25.8 Å². The van der Waals surface area contributed by atoms with Gasteiger partial charge < -0.3 is 10.1 Å². The van der Waals surface area contributed by atoms with Gasteiger partial charge in [-0.05, 0) is 39.3 Å². The van der Waals surface area contributed by atoms with Gasteiger partial charge in [-0.1, -0.05) is 24.6 Å². The summed E-state index contributed by atoms with van der Waals surface area (Å²) in [4.78, 5) is 11.1. The molecule has 0 bridgehead atoms. The Labute approximate surface area is 120 Å². The van der Waals surface area contributed by atoms with Crippen LogP contribution in [0.15, 0.2) is 24.3 Å². The standard InChI is InChI=1S/C16H24FNO2/c1-3-20-16(19)11-5-4-8-12-18-13(2)14-9-6-7-10-15(14)17/h6-7,9-10,13,18H,3-5,8,11-12H2,1-2H3/t13-/m1/s1. The maximum absolute atomic E-state index is 13.5. The SMILES string of the molecule is CCOC(=O)CCCCCN[C@H](C)c1ccccc1F. The lowest BCUT2D eigenvalue weighted by Crippen LogP contribution is -2.20. The summed E-state index contributed by atoms with van der Waals surface area (Å²) in [5.74, 6) is -0.296. The zero-order valence-corrected chi connectivity index (χ0v) is 12.3. The number of carbonyl (C=O) groups excluding carboxylic acids is 1. The van der Waals surface area contributed by atoms with Gasteiger partial charge in [-0.3, -0.25) is 4.79 Å². The van der Waals surface area contributed by atoms with Crippen molar-refractivity contribution in [2.45, 2.75) is 45.6 Å². The Balaban J connectivity index is 2.12. The quantitative estimate of drug-likeness (QED) is 0.555. The van der Waals surface area contributed by atoms with Gasteiger partial charge in [0.1, 0.15) is 5.82 Å². The molecule has 4 heteroatoms. The summed E-state index contributed by atoms with van der Waals surface area (Å²) in [6.45, 7) is 5.03. The van der Waals surface area contributed by atoms with Crippen LogP contribution in [0.3, 0.4) is 0 Å². The number of benzene rings is 1. The van der Waals surface area contributed by atoms with E-state index in [2.05, 4.69) is 5.32 Å². The maximum atomic E-state index is 13.5. The van der Waals surface area contributed by atoms with Crippen LogP contribution in [0.2, 0.25) is 0 Å². The maximum Gasteiger partial charge on any atom is 0.305 e. The van der Waals surface area contributed by atoms with Crippen molar-refractivity contribution in [2.24, 2.45) is 0 Å². The Bertz CT molecular complexity index is 409. The normalized spacial score (nSPS) is 12.2. The summed E-state index contributed by atoms with van der Waals surface area (Å²) in [6.07, 6.45) is 3.26. The Kier molecular flexibility index (Phi) is 7.88. The molecule has 0 aliphatic carbocycles. The molecule has 0 saturated carbocycles. The molecule has 1 atom stereocenters. The third-order valence-corrected chi connectivity index (χ3v) is 3.19. The monoisotopic (exact) mass is 281 g/mol. The first-order valence-corrected chi connectivity index (χ1v) is 7.28. The van der Waals surface area contributed by atoms with E-state index in [1.54, 1.807) is 12.1 Å². The van der Waals surface area contributed by atoms with E-state index < -0.39 is 0 Å². The number of hydrogen-bond donors (Lipinski definition) is 1. The molecule has 20 heavy (non-hydrogen) atoms. The van der Waals surface area contributed by atoms with Crippen LogP contribution in [0.25, 0.3) is 0 Å². The van der Waals surface area contributed by atoms with Crippen molar-refractivity contribution < 1.29 is 13.9 Å². The van der Waals surface area contributed by atoms with Crippen molar-refractivity contribution in [1.82, 2.24) is 5.32 Å². The molecule has 1 aromatic rings. The number of nitrogens with one attached hydrogen (secondary N) is 1. The van der Waals surface area contributed by atoms with Gasteiger partial charge in [-0.2, -0.15) is 0 Å². The lowest BCUT2D eigenvalue weighted by Gasteiger charge is -2.14. The topological polar surface area (TPSA) is 38.3 Å². The minimum absolute atomic E-state index is 0.00116. The highest BCUT2D eigenvalue weighted by atomic mass is 19.1. The molecule has 0 radical (unpaired) electrons. The van der Waals surface area contributed by atoms with Crippen LogP contribution in [-0.2, 0) is 9.53 Å². The lowest BCUT2D eigenvalue weighted by atomic mass is 10.1. The van der Waals surface area contributed by atoms with Gasteiger partial charge in [-0.25, -0.2) is 4.39 Å². The molecule has 1 aromatic carbocycles. The lowest BCUT2D eigenvalue weighted by molar-refractivity contribution is -0.143. The summed E-state index contributed by atoms with van der Waals surface area (Å²) in [6, 6.07) is 6.82. The van der Waals surface area contributed by atoms with E-state index >= 15 is 0 Å². The number of esters is 1. The molecule has 0 amide bonds. The number of hydrogen-bond acceptors (Lipinski definition) is 3. The van der Waals surface area contributed by atoms with Crippen LogP contribution in [0.1, 0.15) is 51.1 Å². The Morgan fingerprint density at radius 3 is 2.75 bits per heavy atom. The molecule has 0 fully saturated rings. The smallest absolute Gasteiger partial charge is 0.305 e. The van der Waals surface area contributed by atoms with Crippen LogP contribution in [0, 0.1) is 5.82 Å². The molecule has 3 nitrogen and oxygen atoms in total. The molecule has 1 N–H and O–H groups in total. The number of carbonyl (C=O) groups is 1. The average Bonchev–Trinajstić information content (AvgIpc) is 2.43. The van der Waals surface area contributed by atoms with E-state index in [0.29, 0.717) is 18.6 Å². The first kappa shape index (κ1) is 16.6. The predicted octanol–water partition coefficient (Wildman–Crippen LogP) is 3.60. The van der Waals surface area contributed by atoms with Crippen molar-refractivity contribution in [3.05, 3.63) is 35.6 Å². The van der Waals surface area contributed by atoms with Crippen molar-refractivity contribution >= 4 is 5.97 Å². The fraction of sp³-hybridized carbons (Fsp3) is 0.562. The first-order valence-electron chi connectivity index (χ1n) is 7.28. The van der Waals surface area contributed by atoms with Crippen molar-refractivity contribution in [1.29, 1.82) is 0 Å². The molecular weight excluding hydrogens is 257 g/mol. The van der Waals surface area contributed by atoms with E-state index in [4.69, 9.17) is 4.74 Å². The fourth-order valence-corrected chi connectivity index (χ4v) is 2.06. The van der Waals surface area contributed by atoms with Crippen LogP contribution in [-0.4, -0.2) is 19.1 Å². The average molecular weight is 281 g/mol. The second kappa shape index (κ2) is 9.48. The number of halogens is 1. The Morgan fingerprint density at radius 2 is 2.05 bits per heavy atom. The fourth-order valence-electron chi connectivity index (χ4n) is 2.06. The second-order valence-electron chi connectivity index (χ2n) is 4.81. The summed E-state index contributed by atoms with van der Waals surface area (Å²) >= 11 is 0. The second-order valence-corrected chi connectivity index (χ2v) is 4.81. The van der Waals surface area contributed by atoms with Gasteiger partial charge in [-0.15, -0.1) is 0 Å². The Hall–Kier alpha value is -1.42. The molecule has 0 heterocycles. The molecule has 0 saturated heterocycles. The molecule has 0 aliphatic heterocycles. The zero-order chi connectivity index (χ0) is 14.8. The highest BCUT2D eigenvalue weighted by Crippen LogP contribution is 2.15. The molecule has 1 rings (SSSR count). The van der Waals surface area contributed by atoms with Gasteiger partial charge in [0, 0.05) is 18.0 Å². The van der Waals surface area contributed by atoms with E-state index in [1.807, 2.05) is 19.9 Å². The van der Waals surface area contributed by atoms with Crippen LogP contribution in [0.4, 0.5) is 4.39 Å². The third kappa shape index (κ3) is 6.15. The van der Waals surface area contributed by atoms with Crippen LogP contribution >= 0.6 is 0 Å². The van der Waals surface area contributed by atoms with Crippen molar-refractivity contribution in [3.63, 3.8) is 0 Å². The highest BCUT2D eigenvalue weighted by molar-refractivity contribution is 5.69. The van der Waals surface area contributed by atoms with Crippen LogP contribution < -0.4 is 5.32 Å². The van der Waals surface area contributed by atoms with Gasteiger partial charge in [0.05, 0.1) is 6.61 Å². The Morgan fingerprint density at radius 1 is 1.30 bits per heavy atom. The molecule has 112 valence electrons. The summed E-state index contributed by atoms with van der Waals surface area (Å²) in [5.41, 5.74) is 0.694. The van der Waals surface area contributed by atoms with Crippen LogP contribution in [0.5, 0.6) is 0 Å². The minimum atomic E-state index is -0.171. The van der Waals surface area contributed by atoms with Gasteiger partial charge in [0.25, 0.3) is 0 Å². The molecular formula is C16H24FNO2. The predicted molar refractivity (Wildman–Crippen MR) is 77.9 cm³/mol. The van der Waals surface area contributed by atoms with E-state index in [1.165, 1.54) is 6.07 Å². The first-order chi connectivity index (χ1) is 9.65. The zero-order valence-electron chi connectivity index (χ0n) is 12.3. The third-order valence-electron chi connectivity index (χ3n) is 3.19. The minimum Gasteiger partial charge on any atom is -0.466 e. The highest BCUT2D eigenvalue weighted by Gasteiger charge is 2.08. The van der Waals surface area contributed by atoms with Crippen molar-refractivity contribution in [2.75, 3.05) is 13.2 Å². The summed E-state index contributed by atoms with van der Waals surface area (Å²) < 4.78 is 18.4. The van der Waals surface area contributed by atoms with Crippen molar-refractivity contribution in [3.8, 4) is 0 Å². The van der Waals surface area contributed by atoms with Gasteiger partial charge >= 0.3 is 5.97 Å². The largest absolute Gasteiger partial charge is 0.466 e. The summed E-state index contributed by atoms with van der Waals surface area (Å²) in [5, 5.41) is 3.30.